The number of methoxy groups -OCH3 is 1. The van der Waals surface area contributed by atoms with Gasteiger partial charge in [-0.2, -0.15) is 0 Å². The van der Waals surface area contributed by atoms with Crippen molar-refractivity contribution in [2.75, 3.05) is 7.11 Å². The Labute approximate surface area is 154 Å². The van der Waals surface area contributed by atoms with Crippen molar-refractivity contribution in [2.24, 2.45) is 0 Å². The smallest absolute Gasteiger partial charge is 0.273 e. The minimum Gasteiger partial charge on any atom is -0.473 e. The highest BCUT2D eigenvalue weighted by molar-refractivity contribution is 7.16. The molecule has 1 atom stereocenters. The Kier molecular flexibility index (Phi) is 4.40. The highest BCUT2D eigenvalue weighted by atomic mass is 32.1. The lowest BCUT2D eigenvalue weighted by Crippen LogP contribution is -2.04. The van der Waals surface area contributed by atoms with Crippen LogP contribution in [0.5, 0.6) is 5.19 Å². The Morgan fingerprint density at radius 3 is 2.85 bits per heavy atom. The molecule has 6 nitrogen and oxygen atoms in total. The molecule has 4 aromatic rings. The van der Waals surface area contributed by atoms with Crippen LogP contribution in [0.3, 0.4) is 0 Å². The summed E-state index contributed by atoms with van der Waals surface area (Å²) in [5, 5.41) is 10.2. The number of nitrogens with zero attached hydrogens (tertiary/aromatic N) is 4. The normalized spacial score (nSPS) is 12.4. The number of aliphatic hydroxyl groups excluding tert-OH is 1. The second-order valence-corrected chi connectivity index (χ2v) is 7.09. The molecule has 4 rings (SSSR count). The van der Waals surface area contributed by atoms with Gasteiger partial charge in [0.15, 0.2) is 5.65 Å². The number of aliphatic hydroxyl groups is 1. The fourth-order valence-electron chi connectivity index (χ4n) is 2.88. The summed E-state index contributed by atoms with van der Waals surface area (Å²) >= 11 is 1.51. The lowest BCUT2D eigenvalue weighted by Gasteiger charge is -2.07. The number of thiazole rings is 1. The van der Waals surface area contributed by atoms with Crippen LogP contribution in [0, 0.1) is 0 Å². The van der Waals surface area contributed by atoms with E-state index in [0.717, 1.165) is 32.9 Å². The predicted octanol–water partition coefficient (Wildman–Crippen LogP) is 3.48. The van der Waals surface area contributed by atoms with Crippen LogP contribution in [-0.2, 0) is 6.42 Å². The second kappa shape index (κ2) is 6.86. The molecule has 0 aliphatic carbocycles. The van der Waals surface area contributed by atoms with Crippen molar-refractivity contribution in [1.82, 2.24) is 19.5 Å². The third kappa shape index (κ3) is 3.18. The van der Waals surface area contributed by atoms with Crippen LogP contribution in [0.4, 0.5) is 0 Å². The molecule has 0 amide bonds. The number of aromatic nitrogens is 4. The van der Waals surface area contributed by atoms with Gasteiger partial charge in [0.2, 0.25) is 0 Å². The minimum atomic E-state index is -0.399. The Hall–Kier alpha value is -2.77. The Bertz CT molecular complexity index is 1050. The largest absolute Gasteiger partial charge is 0.473 e. The van der Waals surface area contributed by atoms with Crippen molar-refractivity contribution in [3.8, 4) is 21.3 Å². The minimum absolute atomic E-state index is 0.399. The van der Waals surface area contributed by atoms with Crippen molar-refractivity contribution in [3.05, 3.63) is 54.6 Å². The van der Waals surface area contributed by atoms with Gasteiger partial charge >= 0.3 is 0 Å². The number of ether oxygens (including phenoxy) is 1. The van der Waals surface area contributed by atoms with E-state index in [4.69, 9.17) is 4.74 Å². The summed E-state index contributed by atoms with van der Waals surface area (Å²) < 4.78 is 7.14. The number of benzene rings is 1. The van der Waals surface area contributed by atoms with Gasteiger partial charge in [-0.25, -0.2) is 15.0 Å². The zero-order valence-electron chi connectivity index (χ0n) is 14.5. The van der Waals surface area contributed by atoms with Crippen molar-refractivity contribution in [1.29, 1.82) is 0 Å². The Morgan fingerprint density at radius 2 is 2.08 bits per heavy atom. The molecule has 1 unspecified atom stereocenters. The molecule has 0 aliphatic rings. The van der Waals surface area contributed by atoms with Crippen LogP contribution in [0.2, 0.25) is 0 Å². The van der Waals surface area contributed by atoms with Gasteiger partial charge in [0.25, 0.3) is 5.19 Å². The predicted molar refractivity (Wildman–Crippen MR) is 102 cm³/mol. The first kappa shape index (κ1) is 16.7. The van der Waals surface area contributed by atoms with Crippen LogP contribution >= 0.6 is 11.3 Å². The van der Waals surface area contributed by atoms with Crippen LogP contribution in [0.1, 0.15) is 12.5 Å². The molecule has 1 N–H and O–H groups in total. The molecule has 0 fully saturated rings. The van der Waals surface area contributed by atoms with E-state index in [0.29, 0.717) is 11.6 Å². The zero-order valence-corrected chi connectivity index (χ0v) is 15.3. The molecule has 0 spiro atoms. The molecule has 0 saturated heterocycles. The van der Waals surface area contributed by atoms with E-state index >= 15 is 0 Å². The standard InChI is InChI=1S/C19H18N4O2S/c1-12(24)6-13-7-16-18(20-9-13)23(11-22-16)15-5-3-4-14(8-15)17-10-21-19(25-2)26-17/h3-5,7-12,24H,6H2,1-2H3. The van der Waals surface area contributed by atoms with Gasteiger partial charge in [0.05, 0.1) is 18.1 Å². The first-order chi connectivity index (χ1) is 12.6. The fraction of sp³-hybridized carbons (Fsp3) is 0.211. The van der Waals surface area contributed by atoms with Crippen molar-refractivity contribution < 1.29 is 9.84 Å². The molecule has 0 saturated carbocycles. The van der Waals surface area contributed by atoms with Crippen LogP contribution < -0.4 is 4.74 Å². The molecule has 132 valence electrons. The van der Waals surface area contributed by atoms with Crippen LogP contribution in [0.15, 0.2) is 49.1 Å². The average molecular weight is 366 g/mol. The number of hydrogen-bond acceptors (Lipinski definition) is 6. The summed E-state index contributed by atoms with van der Waals surface area (Å²) in [7, 11) is 1.62. The van der Waals surface area contributed by atoms with Crippen LogP contribution in [-0.4, -0.2) is 37.8 Å². The molecular formula is C19H18N4O2S. The highest BCUT2D eigenvalue weighted by Gasteiger charge is 2.10. The van der Waals surface area contributed by atoms with Crippen molar-refractivity contribution in [3.63, 3.8) is 0 Å². The lowest BCUT2D eigenvalue weighted by atomic mass is 10.1. The molecule has 1 aromatic carbocycles. The van der Waals surface area contributed by atoms with Crippen LogP contribution in [0.25, 0.3) is 27.3 Å². The third-order valence-electron chi connectivity index (χ3n) is 4.04. The maximum Gasteiger partial charge on any atom is 0.273 e. The summed E-state index contributed by atoms with van der Waals surface area (Å²) in [5.41, 5.74) is 4.62. The maximum absolute atomic E-state index is 9.55. The highest BCUT2D eigenvalue weighted by Crippen LogP contribution is 2.31. The van der Waals surface area contributed by atoms with Crippen molar-refractivity contribution >= 4 is 22.5 Å². The Morgan fingerprint density at radius 1 is 1.19 bits per heavy atom. The lowest BCUT2D eigenvalue weighted by molar-refractivity contribution is 0.195. The number of pyridine rings is 1. The summed E-state index contributed by atoms with van der Waals surface area (Å²) in [5.74, 6) is 0. The van der Waals surface area contributed by atoms with E-state index in [1.807, 2.05) is 35.0 Å². The quantitative estimate of drug-likeness (QED) is 0.585. The van der Waals surface area contributed by atoms with Gasteiger partial charge in [0.1, 0.15) is 11.8 Å². The van der Waals surface area contributed by atoms with Gasteiger partial charge in [-0.1, -0.05) is 23.5 Å². The van der Waals surface area contributed by atoms with E-state index < -0.39 is 6.10 Å². The van der Waals surface area contributed by atoms with E-state index in [-0.39, 0.29) is 0 Å². The zero-order chi connectivity index (χ0) is 18.1. The third-order valence-corrected chi connectivity index (χ3v) is 5.05. The number of hydrogen-bond donors (Lipinski definition) is 1. The van der Waals surface area contributed by atoms with E-state index in [1.165, 1.54) is 11.3 Å². The first-order valence-electron chi connectivity index (χ1n) is 8.24. The number of fused-ring (bicyclic) bond motifs is 1. The molecule has 0 aliphatic heterocycles. The monoisotopic (exact) mass is 366 g/mol. The Balaban J connectivity index is 1.72. The first-order valence-corrected chi connectivity index (χ1v) is 9.06. The van der Waals surface area contributed by atoms with Gasteiger partial charge < -0.3 is 9.84 Å². The summed E-state index contributed by atoms with van der Waals surface area (Å²) in [6.07, 6.45) is 5.55. The van der Waals surface area contributed by atoms with E-state index in [2.05, 4.69) is 21.0 Å². The molecule has 3 aromatic heterocycles. The second-order valence-electron chi connectivity index (χ2n) is 6.10. The van der Waals surface area contributed by atoms with E-state index in [1.54, 1.807) is 26.6 Å². The molecule has 26 heavy (non-hydrogen) atoms. The molecular weight excluding hydrogens is 348 g/mol. The summed E-state index contributed by atoms with van der Waals surface area (Å²) in [4.78, 5) is 14.3. The SMILES string of the molecule is COc1ncc(-c2cccc(-n3cnc4cc(CC(C)O)cnc43)c2)s1. The maximum atomic E-state index is 9.55. The average Bonchev–Trinajstić information content (AvgIpc) is 3.28. The van der Waals surface area contributed by atoms with Gasteiger partial charge in [-0.15, -0.1) is 0 Å². The van der Waals surface area contributed by atoms with Crippen molar-refractivity contribution in [2.45, 2.75) is 19.4 Å². The number of imidazole rings is 1. The van der Waals surface area contributed by atoms with Gasteiger partial charge in [0, 0.05) is 18.1 Å². The molecule has 0 radical (unpaired) electrons. The van der Waals surface area contributed by atoms with Gasteiger partial charge in [-0.3, -0.25) is 4.57 Å². The fourth-order valence-corrected chi connectivity index (χ4v) is 3.61. The topological polar surface area (TPSA) is 73.1 Å². The molecule has 3 heterocycles. The molecule has 0 bridgehead atoms. The van der Waals surface area contributed by atoms with E-state index in [9.17, 15) is 5.11 Å². The summed E-state index contributed by atoms with van der Waals surface area (Å²) in [6, 6.07) is 10.1. The number of rotatable bonds is 5. The van der Waals surface area contributed by atoms with Gasteiger partial charge in [-0.05, 0) is 42.7 Å². The summed E-state index contributed by atoms with van der Waals surface area (Å²) in [6.45, 7) is 1.77. The molecule has 7 heteroatoms.